The van der Waals surface area contributed by atoms with Crippen molar-refractivity contribution in [1.82, 2.24) is 0 Å². The van der Waals surface area contributed by atoms with Crippen molar-refractivity contribution in [3.05, 3.63) is 94.8 Å². The first-order valence-corrected chi connectivity index (χ1v) is 16.1. The molecule has 0 atom stereocenters. The number of nitrogens with zero attached hydrogens (tertiary/aromatic N) is 2. The van der Waals surface area contributed by atoms with Crippen LogP contribution >= 0.6 is 0 Å². The van der Waals surface area contributed by atoms with Crippen LogP contribution in [0.2, 0.25) is 0 Å². The number of anilines is 2. The number of hydrogen-bond acceptors (Lipinski definition) is 6. The van der Waals surface area contributed by atoms with Gasteiger partial charge in [0.2, 0.25) is 0 Å². The number of hydrogen-bond donors (Lipinski definition) is 0. The average molecular weight is 599 g/mol. The number of carbonyl (C=O) groups is 2. The molecule has 0 aliphatic carbocycles. The Bertz CT molecular complexity index is 1280. The predicted molar refractivity (Wildman–Crippen MR) is 184 cm³/mol. The zero-order valence-corrected chi connectivity index (χ0v) is 28.4. The molecule has 1 aliphatic heterocycles. The average Bonchev–Trinajstić information content (AvgIpc) is 3.39. The van der Waals surface area contributed by atoms with E-state index in [1.54, 1.807) is 19.9 Å². The van der Waals surface area contributed by atoms with Gasteiger partial charge in [0.1, 0.15) is 0 Å². The molecule has 0 saturated carbocycles. The lowest BCUT2D eigenvalue weighted by Crippen LogP contribution is -2.50. The lowest BCUT2D eigenvalue weighted by molar-refractivity contribution is -0.141. The van der Waals surface area contributed by atoms with E-state index < -0.39 is 18.9 Å². The van der Waals surface area contributed by atoms with Gasteiger partial charge in [0, 0.05) is 29.3 Å². The zero-order valence-electron chi connectivity index (χ0n) is 28.4. The van der Waals surface area contributed by atoms with Gasteiger partial charge in [-0.1, -0.05) is 97.9 Å². The highest BCUT2D eigenvalue weighted by Crippen LogP contribution is 2.44. The van der Waals surface area contributed by atoms with Crippen LogP contribution in [0, 0.1) is 0 Å². The fourth-order valence-corrected chi connectivity index (χ4v) is 5.99. The molecule has 2 aromatic carbocycles. The van der Waals surface area contributed by atoms with E-state index in [0.717, 1.165) is 11.4 Å². The summed E-state index contributed by atoms with van der Waals surface area (Å²) in [7, 11) is 0. The van der Waals surface area contributed by atoms with Crippen molar-refractivity contribution >= 4 is 30.3 Å². The molecule has 0 fully saturated rings. The molecule has 44 heavy (non-hydrogen) atoms. The predicted octanol–water partition coefficient (Wildman–Crippen LogP) is 9.00. The van der Waals surface area contributed by atoms with E-state index in [9.17, 15) is 9.59 Å². The first-order valence-electron chi connectivity index (χ1n) is 16.1. The normalized spacial score (nSPS) is 13.8. The Labute approximate surface area is 265 Å². The second-order valence-electron chi connectivity index (χ2n) is 12.5. The van der Waals surface area contributed by atoms with Gasteiger partial charge >= 0.3 is 18.9 Å². The van der Waals surface area contributed by atoms with E-state index >= 15 is 0 Å². The molecule has 1 aliphatic rings. The van der Waals surface area contributed by atoms with Gasteiger partial charge in [-0.05, 0) is 66.2 Å². The molecule has 0 radical (unpaired) electrons. The van der Waals surface area contributed by atoms with Crippen molar-refractivity contribution in [3.8, 4) is 0 Å². The van der Waals surface area contributed by atoms with Crippen LogP contribution < -0.4 is 9.62 Å². The molecule has 0 aromatic heterocycles. The van der Waals surface area contributed by atoms with Crippen LogP contribution in [0.5, 0.6) is 0 Å². The SMILES string of the molecule is C=CC/C(C(=O)OCC)=C(/B1N(c2c(C(C)C)cccc2C(C)C)C=CN1c1c(C(C)C)cccc1C(C)C)C(=O)OCC. The Balaban J connectivity index is 2.55. The van der Waals surface area contributed by atoms with Crippen molar-refractivity contribution in [1.29, 1.82) is 0 Å². The Hall–Kier alpha value is -3.74. The molecule has 7 heteroatoms. The van der Waals surface area contributed by atoms with Crippen LogP contribution in [-0.2, 0) is 19.1 Å². The smallest absolute Gasteiger partial charge is 0.427 e. The summed E-state index contributed by atoms with van der Waals surface area (Å²) in [6, 6.07) is 12.8. The quantitative estimate of drug-likeness (QED) is 0.0993. The van der Waals surface area contributed by atoms with Crippen molar-refractivity contribution in [2.75, 3.05) is 22.8 Å². The van der Waals surface area contributed by atoms with Crippen LogP contribution in [0.4, 0.5) is 11.4 Å². The molecule has 1 heterocycles. The van der Waals surface area contributed by atoms with Gasteiger partial charge in [0.25, 0.3) is 0 Å². The van der Waals surface area contributed by atoms with E-state index in [2.05, 4.69) is 120 Å². The van der Waals surface area contributed by atoms with Crippen LogP contribution in [0.1, 0.15) is 122 Å². The Morgan fingerprint density at radius 2 is 1.07 bits per heavy atom. The van der Waals surface area contributed by atoms with Gasteiger partial charge in [0.15, 0.2) is 0 Å². The van der Waals surface area contributed by atoms with E-state index in [1.807, 2.05) is 0 Å². The highest BCUT2D eigenvalue weighted by molar-refractivity contribution is 6.81. The second kappa shape index (κ2) is 15.3. The Morgan fingerprint density at radius 1 is 0.705 bits per heavy atom. The molecule has 0 saturated heterocycles. The van der Waals surface area contributed by atoms with E-state index in [4.69, 9.17) is 9.47 Å². The number of ether oxygens (including phenoxy) is 2. The van der Waals surface area contributed by atoms with Crippen molar-refractivity contribution in [2.45, 2.75) is 99.3 Å². The number of allylic oxidation sites excluding steroid dienone is 1. The minimum Gasteiger partial charge on any atom is -0.463 e. The van der Waals surface area contributed by atoms with E-state index in [0.29, 0.717) is 0 Å². The molecule has 0 spiro atoms. The molecular formula is C37H51BN2O4. The van der Waals surface area contributed by atoms with Crippen LogP contribution in [-0.4, -0.2) is 32.1 Å². The Kier molecular flexibility index (Phi) is 12.1. The minimum absolute atomic E-state index is 0.164. The topological polar surface area (TPSA) is 59.1 Å². The maximum Gasteiger partial charge on any atom is 0.427 e. The molecule has 0 bridgehead atoms. The highest BCUT2D eigenvalue weighted by Gasteiger charge is 2.47. The van der Waals surface area contributed by atoms with Crippen LogP contribution in [0.15, 0.2) is 72.5 Å². The minimum atomic E-state index is -0.705. The van der Waals surface area contributed by atoms with Gasteiger partial charge < -0.3 is 19.1 Å². The highest BCUT2D eigenvalue weighted by atomic mass is 16.5. The van der Waals surface area contributed by atoms with Crippen molar-refractivity contribution < 1.29 is 19.1 Å². The number of esters is 2. The summed E-state index contributed by atoms with van der Waals surface area (Å²) in [5.41, 5.74) is 7.26. The molecule has 6 nitrogen and oxygen atoms in total. The van der Waals surface area contributed by atoms with Gasteiger partial charge in [-0.25, -0.2) is 9.59 Å². The molecule has 3 rings (SSSR count). The molecule has 0 unspecified atom stereocenters. The summed E-state index contributed by atoms with van der Waals surface area (Å²) in [4.78, 5) is 32.1. The largest absolute Gasteiger partial charge is 0.463 e. The van der Waals surface area contributed by atoms with E-state index in [-0.39, 0.29) is 54.4 Å². The third-order valence-electron chi connectivity index (χ3n) is 8.07. The number of benzene rings is 2. The Morgan fingerprint density at radius 3 is 1.39 bits per heavy atom. The summed E-state index contributed by atoms with van der Waals surface area (Å²) in [6.07, 6.45) is 5.91. The lowest BCUT2D eigenvalue weighted by Gasteiger charge is -2.37. The fourth-order valence-electron chi connectivity index (χ4n) is 5.99. The van der Waals surface area contributed by atoms with Gasteiger partial charge in [-0.15, -0.1) is 6.58 Å². The third kappa shape index (κ3) is 7.14. The van der Waals surface area contributed by atoms with Gasteiger partial charge in [-0.3, -0.25) is 0 Å². The number of para-hydroxylation sites is 2. The lowest BCUT2D eigenvalue weighted by atomic mass is 9.60. The summed E-state index contributed by atoms with van der Waals surface area (Å²) in [5, 5.41) is 0. The maximum absolute atomic E-state index is 14.2. The second-order valence-corrected chi connectivity index (χ2v) is 12.5. The van der Waals surface area contributed by atoms with Gasteiger partial charge in [-0.2, -0.15) is 0 Å². The van der Waals surface area contributed by atoms with Crippen molar-refractivity contribution in [3.63, 3.8) is 0 Å². The molecular weight excluding hydrogens is 547 g/mol. The molecule has 0 amide bonds. The molecule has 0 N–H and O–H groups in total. The van der Waals surface area contributed by atoms with Crippen LogP contribution in [0.25, 0.3) is 0 Å². The van der Waals surface area contributed by atoms with E-state index in [1.165, 1.54) is 22.3 Å². The number of rotatable bonds is 13. The standard InChI is InChI=1S/C37H51BN2O4/c1-12-17-32(36(41)43-13-2)33(37(42)44-14-3)38-39(34-28(24(4)5)18-15-19-29(34)25(6)7)22-23-40(38)35-30(26(8)9)20-16-21-31(35)27(10)11/h12,15-16,18-27H,1,13-14,17H2,2-11H3/b33-32-. The first-order chi connectivity index (χ1) is 20.9. The van der Waals surface area contributed by atoms with Crippen LogP contribution in [0.3, 0.4) is 0 Å². The zero-order chi connectivity index (χ0) is 32.7. The van der Waals surface area contributed by atoms with Gasteiger partial charge in [0.05, 0.1) is 18.7 Å². The third-order valence-corrected chi connectivity index (χ3v) is 8.07. The summed E-state index contributed by atoms with van der Waals surface area (Å²) in [6.45, 7) is 24.6. The molecule has 236 valence electrons. The number of carbonyl (C=O) groups excluding carboxylic acids is 2. The summed E-state index contributed by atoms with van der Waals surface area (Å²) in [5.74, 6) is -0.211. The molecule has 2 aromatic rings. The monoisotopic (exact) mass is 598 g/mol. The van der Waals surface area contributed by atoms with Crippen molar-refractivity contribution in [2.24, 2.45) is 0 Å². The summed E-state index contributed by atoms with van der Waals surface area (Å²) >= 11 is 0. The summed E-state index contributed by atoms with van der Waals surface area (Å²) < 4.78 is 11.3. The maximum atomic E-state index is 14.2. The first kappa shape index (κ1) is 34.8. The fraction of sp³-hybridized carbons (Fsp3) is 0.459.